The molecule has 2 aromatic carbocycles. The SMILES string of the molecule is Cc1nc2ccc(Sc3ccccc3)cc2[nH]1.[HH]. The maximum atomic E-state index is 4.40. The fourth-order valence-corrected chi connectivity index (χ4v) is 2.68. The monoisotopic (exact) mass is 242 g/mol. The predicted molar refractivity (Wildman–Crippen MR) is 73.5 cm³/mol. The van der Waals surface area contributed by atoms with Crippen LogP contribution in [0, 0.1) is 6.92 Å². The molecule has 0 aliphatic carbocycles. The third-order valence-corrected chi connectivity index (χ3v) is 3.55. The van der Waals surface area contributed by atoms with E-state index in [0.29, 0.717) is 0 Å². The van der Waals surface area contributed by atoms with Crippen LogP contribution in [-0.2, 0) is 0 Å². The molecule has 0 fully saturated rings. The summed E-state index contributed by atoms with van der Waals surface area (Å²) in [4.78, 5) is 10.1. The van der Waals surface area contributed by atoms with Crippen molar-refractivity contribution in [3.05, 3.63) is 54.4 Å². The van der Waals surface area contributed by atoms with Gasteiger partial charge in [0.15, 0.2) is 0 Å². The Balaban J connectivity index is 0.00000120. The van der Waals surface area contributed by atoms with Gasteiger partial charge in [-0.2, -0.15) is 0 Å². The van der Waals surface area contributed by atoms with Gasteiger partial charge in [-0.25, -0.2) is 4.98 Å². The molecule has 17 heavy (non-hydrogen) atoms. The molecular formula is C14H14N2S. The van der Waals surface area contributed by atoms with Gasteiger partial charge in [0.2, 0.25) is 0 Å². The lowest BCUT2D eigenvalue weighted by atomic mass is 10.3. The molecular weight excluding hydrogens is 228 g/mol. The highest BCUT2D eigenvalue weighted by molar-refractivity contribution is 7.99. The van der Waals surface area contributed by atoms with Gasteiger partial charge in [0.1, 0.15) is 5.82 Å². The lowest BCUT2D eigenvalue weighted by Gasteiger charge is -2.00. The summed E-state index contributed by atoms with van der Waals surface area (Å²) in [5, 5.41) is 0. The second kappa shape index (κ2) is 4.26. The van der Waals surface area contributed by atoms with Crippen molar-refractivity contribution in [2.75, 3.05) is 0 Å². The van der Waals surface area contributed by atoms with E-state index in [4.69, 9.17) is 0 Å². The zero-order chi connectivity index (χ0) is 11.7. The standard InChI is InChI=1S/C14H12N2S.H2/c1-10-15-13-8-7-12(9-14(13)16-10)17-11-5-3-2-4-6-11;/h2-9H,1H3,(H,15,16);1H. The summed E-state index contributed by atoms with van der Waals surface area (Å²) < 4.78 is 0. The molecule has 3 rings (SSSR count). The molecule has 0 aliphatic rings. The Morgan fingerprint density at radius 1 is 1.06 bits per heavy atom. The van der Waals surface area contributed by atoms with E-state index in [1.165, 1.54) is 9.79 Å². The number of rotatable bonds is 2. The van der Waals surface area contributed by atoms with Gasteiger partial charge in [-0.15, -0.1) is 0 Å². The van der Waals surface area contributed by atoms with Crippen LogP contribution in [0.25, 0.3) is 11.0 Å². The van der Waals surface area contributed by atoms with Crippen molar-refractivity contribution in [1.29, 1.82) is 0 Å². The van der Waals surface area contributed by atoms with Crippen LogP contribution in [0.5, 0.6) is 0 Å². The van der Waals surface area contributed by atoms with Crippen LogP contribution in [0.1, 0.15) is 7.25 Å². The molecule has 3 aromatic rings. The third kappa shape index (κ3) is 2.19. The van der Waals surface area contributed by atoms with Gasteiger partial charge < -0.3 is 4.98 Å². The molecule has 0 radical (unpaired) electrons. The van der Waals surface area contributed by atoms with Crippen LogP contribution in [-0.4, -0.2) is 9.97 Å². The fraction of sp³-hybridized carbons (Fsp3) is 0.0714. The van der Waals surface area contributed by atoms with E-state index in [1.807, 2.05) is 13.0 Å². The Labute approximate surface area is 106 Å². The number of H-pyrrole nitrogens is 1. The molecule has 1 N–H and O–H groups in total. The fourth-order valence-electron chi connectivity index (χ4n) is 1.80. The zero-order valence-corrected chi connectivity index (χ0v) is 10.3. The largest absolute Gasteiger partial charge is 0.342 e. The highest BCUT2D eigenvalue weighted by Gasteiger charge is 2.02. The summed E-state index contributed by atoms with van der Waals surface area (Å²) in [5.74, 6) is 0.960. The average molecular weight is 242 g/mol. The van der Waals surface area contributed by atoms with Crippen LogP contribution < -0.4 is 0 Å². The first-order valence-electron chi connectivity index (χ1n) is 5.50. The van der Waals surface area contributed by atoms with Crippen molar-refractivity contribution in [2.24, 2.45) is 0 Å². The summed E-state index contributed by atoms with van der Waals surface area (Å²) >= 11 is 1.76. The van der Waals surface area contributed by atoms with Gasteiger partial charge in [-0.3, -0.25) is 0 Å². The van der Waals surface area contributed by atoms with Crippen LogP contribution in [0.4, 0.5) is 0 Å². The molecule has 0 atom stereocenters. The Kier molecular flexibility index (Phi) is 2.61. The first-order chi connectivity index (χ1) is 8.31. The van der Waals surface area contributed by atoms with E-state index < -0.39 is 0 Å². The maximum Gasteiger partial charge on any atom is 0.104 e. The quantitative estimate of drug-likeness (QED) is 0.727. The van der Waals surface area contributed by atoms with E-state index in [1.54, 1.807) is 11.8 Å². The Morgan fingerprint density at radius 3 is 2.71 bits per heavy atom. The minimum Gasteiger partial charge on any atom is -0.342 e. The minimum atomic E-state index is 0. The topological polar surface area (TPSA) is 28.7 Å². The first-order valence-corrected chi connectivity index (χ1v) is 6.32. The lowest BCUT2D eigenvalue weighted by molar-refractivity contribution is 1.17. The summed E-state index contributed by atoms with van der Waals surface area (Å²) in [7, 11) is 0. The summed E-state index contributed by atoms with van der Waals surface area (Å²) in [6.45, 7) is 1.98. The van der Waals surface area contributed by atoms with Gasteiger partial charge >= 0.3 is 0 Å². The third-order valence-electron chi connectivity index (χ3n) is 2.55. The molecule has 0 aliphatic heterocycles. The molecule has 0 amide bonds. The number of aromatic amines is 1. The van der Waals surface area contributed by atoms with E-state index in [2.05, 4.69) is 52.4 Å². The van der Waals surface area contributed by atoms with Gasteiger partial charge in [0.05, 0.1) is 11.0 Å². The molecule has 0 saturated carbocycles. The number of nitrogens with zero attached hydrogens (tertiary/aromatic N) is 1. The number of hydrogen-bond acceptors (Lipinski definition) is 2. The van der Waals surface area contributed by atoms with E-state index in [9.17, 15) is 0 Å². The zero-order valence-electron chi connectivity index (χ0n) is 9.47. The normalized spacial score (nSPS) is 10.9. The molecule has 1 aromatic heterocycles. The van der Waals surface area contributed by atoms with Crippen LogP contribution in [0.15, 0.2) is 58.3 Å². The van der Waals surface area contributed by atoms with Crippen molar-refractivity contribution in [1.82, 2.24) is 9.97 Å². The Hall–Kier alpha value is -1.74. The number of hydrogen-bond donors (Lipinski definition) is 1. The van der Waals surface area contributed by atoms with Gasteiger partial charge in [0.25, 0.3) is 0 Å². The van der Waals surface area contributed by atoms with Gasteiger partial charge in [-0.1, -0.05) is 30.0 Å². The highest BCUT2D eigenvalue weighted by Crippen LogP contribution is 2.29. The van der Waals surface area contributed by atoms with Gasteiger partial charge in [0, 0.05) is 11.2 Å². The first kappa shape index (κ1) is 10.4. The molecule has 0 spiro atoms. The van der Waals surface area contributed by atoms with Gasteiger partial charge in [-0.05, 0) is 37.3 Å². The second-order valence-corrected chi connectivity index (χ2v) is 5.06. The van der Waals surface area contributed by atoms with Crippen LogP contribution >= 0.6 is 11.8 Å². The molecule has 0 unspecified atom stereocenters. The second-order valence-electron chi connectivity index (χ2n) is 3.92. The van der Waals surface area contributed by atoms with Crippen molar-refractivity contribution >= 4 is 22.8 Å². The molecule has 1 heterocycles. The molecule has 0 saturated heterocycles. The number of aromatic nitrogens is 2. The van der Waals surface area contributed by atoms with Crippen molar-refractivity contribution in [3.63, 3.8) is 0 Å². The Morgan fingerprint density at radius 2 is 1.88 bits per heavy atom. The molecule has 2 nitrogen and oxygen atoms in total. The molecule has 86 valence electrons. The number of nitrogens with one attached hydrogen (secondary N) is 1. The smallest absolute Gasteiger partial charge is 0.104 e. The number of benzene rings is 2. The predicted octanol–water partition coefficient (Wildman–Crippen LogP) is 4.27. The summed E-state index contributed by atoms with van der Waals surface area (Å²) in [6, 6.07) is 16.7. The number of imidazole rings is 1. The molecule has 0 bridgehead atoms. The summed E-state index contributed by atoms with van der Waals surface area (Å²) in [6.07, 6.45) is 0. The van der Waals surface area contributed by atoms with Crippen molar-refractivity contribution in [3.8, 4) is 0 Å². The van der Waals surface area contributed by atoms with Crippen LogP contribution in [0.3, 0.4) is 0 Å². The lowest BCUT2D eigenvalue weighted by Crippen LogP contribution is -1.74. The molecule has 3 heteroatoms. The number of fused-ring (bicyclic) bond motifs is 1. The average Bonchev–Trinajstić information content (AvgIpc) is 2.70. The maximum absolute atomic E-state index is 4.40. The summed E-state index contributed by atoms with van der Waals surface area (Å²) in [5.41, 5.74) is 2.13. The van der Waals surface area contributed by atoms with E-state index in [-0.39, 0.29) is 1.43 Å². The van der Waals surface area contributed by atoms with Crippen molar-refractivity contribution < 1.29 is 1.43 Å². The number of aryl methyl sites for hydroxylation is 1. The minimum absolute atomic E-state index is 0. The van der Waals surface area contributed by atoms with Crippen LogP contribution in [0.2, 0.25) is 0 Å². The highest BCUT2D eigenvalue weighted by atomic mass is 32.2. The van der Waals surface area contributed by atoms with Crippen molar-refractivity contribution in [2.45, 2.75) is 16.7 Å². The van der Waals surface area contributed by atoms with E-state index in [0.717, 1.165) is 16.9 Å². The van der Waals surface area contributed by atoms with E-state index >= 15 is 0 Å². The Bertz CT molecular complexity index is 649.